The fourth-order valence-corrected chi connectivity index (χ4v) is 3.32. The van der Waals surface area contributed by atoms with Crippen molar-refractivity contribution >= 4 is 17.5 Å². The van der Waals surface area contributed by atoms with Crippen molar-refractivity contribution in [3.63, 3.8) is 0 Å². The molecule has 4 aromatic carbocycles. The molecule has 0 aromatic heterocycles. The maximum atomic E-state index is 12.0. The number of phenols is 2. The predicted molar refractivity (Wildman–Crippen MR) is 135 cm³/mol. The summed E-state index contributed by atoms with van der Waals surface area (Å²) >= 11 is 0. The average molecular weight is 469 g/mol. The van der Waals surface area contributed by atoms with Crippen LogP contribution >= 0.6 is 0 Å². The minimum Gasteiger partial charge on any atom is -0.508 e. The lowest BCUT2D eigenvalue weighted by Gasteiger charge is -2.12. The Hall–Kier alpha value is -4.91. The molecule has 0 aliphatic heterocycles. The zero-order chi connectivity index (χ0) is 24.6. The van der Waals surface area contributed by atoms with Crippen molar-refractivity contribution in [3.05, 3.63) is 121 Å². The van der Waals surface area contributed by atoms with Crippen molar-refractivity contribution in [1.82, 2.24) is 0 Å². The van der Waals surface area contributed by atoms with E-state index in [1.165, 1.54) is 18.2 Å². The summed E-state index contributed by atoms with van der Waals surface area (Å²) in [5.74, 6) is 1.23. The number of anilines is 2. The predicted octanol–water partition coefficient (Wildman–Crippen LogP) is 6.26. The average Bonchev–Trinajstić information content (AvgIpc) is 2.81. The Bertz CT molecular complexity index is 1220. The van der Waals surface area contributed by atoms with Gasteiger partial charge in [-0.3, -0.25) is 5.32 Å². The van der Waals surface area contributed by atoms with E-state index in [9.17, 15) is 15.0 Å². The van der Waals surface area contributed by atoms with Crippen LogP contribution in [0.1, 0.15) is 11.1 Å². The van der Waals surface area contributed by atoms with Crippen LogP contribution in [-0.2, 0) is 6.42 Å². The molecule has 0 saturated heterocycles. The molecule has 0 fully saturated rings. The van der Waals surface area contributed by atoms with Crippen LogP contribution < -0.4 is 20.1 Å². The Morgan fingerprint density at radius 3 is 1.69 bits per heavy atom. The number of carbonyl (C=O) groups is 1. The van der Waals surface area contributed by atoms with E-state index in [0.717, 1.165) is 23.2 Å². The third-order valence-corrected chi connectivity index (χ3v) is 4.93. The summed E-state index contributed by atoms with van der Waals surface area (Å²) in [4.78, 5) is 12.0. The smallest absolute Gasteiger partial charge is 0.417 e. The van der Waals surface area contributed by atoms with Gasteiger partial charge in [-0.05, 0) is 72.7 Å². The molecule has 0 spiro atoms. The lowest BCUT2D eigenvalue weighted by molar-refractivity contribution is 0.215. The third-order valence-electron chi connectivity index (χ3n) is 4.93. The van der Waals surface area contributed by atoms with Crippen LogP contribution in [0.2, 0.25) is 0 Å². The molecule has 4 rings (SSSR count). The first-order chi connectivity index (χ1) is 16.9. The summed E-state index contributed by atoms with van der Waals surface area (Å²) in [6.45, 7) is 3.86. The molecule has 7 nitrogen and oxygen atoms in total. The first kappa shape index (κ1) is 23.3. The van der Waals surface area contributed by atoms with Gasteiger partial charge in [0.25, 0.3) is 0 Å². The molecule has 0 bridgehead atoms. The van der Waals surface area contributed by atoms with E-state index in [4.69, 9.17) is 9.47 Å². The zero-order valence-corrected chi connectivity index (χ0v) is 18.8. The number of aromatic hydroxyl groups is 2. The highest BCUT2D eigenvalue weighted by molar-refractivity contribution is 5.86. The summed E-state index contributed by atoms with van der Waals surface area (Å²) in [7, 11) is 0. The van der Waals surface area contributed by atoms with Crippen molar-refractivity contribution in [3.8, 4) is 23.0 Å². The largest absolute Gasteiger partial charge is 0.508 e. The first-order valence-electron chi connectivity index (χ1n) is 10.8. The van der Waals surface area contributed by atoms with Crippen molar-refractivity contribution in [1.29, 1.82) is 0 Å². The molecule has 0 heterocycles. The van der Waals surface area contributed by atoms with Gasteiger partial charge in [-0.1, -0.05) is 36.4 Å². The standard InChI is InChI=1S/C28H24N2O5/c1-19(34-26-6-2-4-24(31)17-26)29-22-12-8-20(9-13-22)16-21-10-14-23(15-11-21)30-28(33)35-27-7-3-5-25(32)18-27/h2-15,17-18,29,31-32H,1,16H2,(H,30,33). The zero-order valence-electron chi connectivity index (χ0n) is 18.8. The van der Waals surface area contributed by atoms with E-state index < -0.39 is 6.09 Å². The number of amides is 1. The number of hydrogen-bond acceptors (Lipinski definition) is 6. The lowest BCUT2D eigenvalue weighted by atomic mass is 10.0. The quantitative estimate of drug-likeness (QED) is 0.228. The van der Waals surface area contributed by atoms with Crippen LogP contribution in [0.5, 0.6) is 23.0 Å². The second-order valence-corrected chi connectivity index (χ2v) is 7.73. The molecule has 0 unspecified atom stereocenters. The van der Waals surface area contributed by atoms with Crippen molar-refractivity contribution < 1.29 is 24.5 Å². The molecule has 176 valence electrons. The van der Waals surface area contributed by atoms with Gasteiger partial charge < -0.3 is 25.0 Å². The Morgan fingerprint density at radius 2 is 1.17 bits per heavy atom. The molecule has 4 N–H and O–H groups in total. The third kappa shape index (κ3) is 7.03. The number of nitrogens with one attached hydrogen (secondary N) is 2. The van der Waals surface area contributed by atoms with Gasteiger partial charge in [0.1, 0.15) is 23.0 Å². The van der Waals surface area contributed by atoms with Crippen LogP contribution in [0.4, 0.5) is 16.2 Å². The Balaban J connectivity index is 1.27. The number of carbonyl (C=O) groups excluding carboxylic acids is 1. The van der Waals surface area contributed by atoms with Gasteiger partial charge in [-0.15, -0.1) is 0 Å². The topological polar surface area (TPSA) is 100 Å². The number of hydrogen-bond donors (Lipinski definition) is 4. The van der Waals surface area contributed by atoms with Crippen LogP contribution in [0.15, 0.2) is 110 Å². The molecule has 1 amide bonds. The van der Waals surface area contributed by atoms with Gasteiger partial charge in [-0.25, -0.2) is 4.79 Å². The van der Waals surface area contributed by atoms with Gasteiger partial charge in [0.05, 0.1) is 0 Å². The van der Waals surface area contributed by atoms with Crippen LogP contribution in [-0.4, -0.2) is 16.3 Å². The maximum Gasteiger partial charge on any atom is 0.417 e. The van der Waals surface area contributed by atoms with Crippen molar-refractivity contribution in [2.75, 3.05) is 10.6 Å². The minimum atomic E-state index is -0.638. The fourth-order valence-electron chi connectivity index (χ4n) is 3.32. The van der Waals surface area contributed by atoms with E-state index in [1.807, 2.05) is 36.4 Å². The monoisotopic (exact) mass is 468 g/mol. The highest BCUT2D eigenvalue weighted by Crippen LogP contribution is 2.22. The highest BCUT2D eigenvalue weighted by atomic mass is 16.6. The number of benzene rings is 4. The molecule has 0 atom stereocenters. The highest BCUT2D eigenvalue weighted by Gasteiger charge is 2.07. The van der Waals surface area contributed by atoms with Crippen molar-refractivity contribution in [2.45, 2.75) is 6.42 Å². The fraction of sp³-hybridized carbons (Fsp3) is 0.0357. The summed E-state index contributed by atoms with van der Waals surface area (Å²) in [5.41, 5.74) is 3.61. The Labute approximate surface area is 202 Å². The van der Waals surface area contributed by atoms with E-state index in [2.05, 4.69) is 17.2 Å². The second-order valence-electron chi connectivity index (χ2n) is 7.73. The van der Waals surface area contributed by atoms with Crippen molar-refractivity contribution in [2.24, 2.45) is 0 Å². The van der Waals surface area contributed by atoms with E-state index in [0.29, 0.717) is 17.3 Å². The summed E-state index contributed by atoms with van der Waals surface area (Å²) < 4.78 is 10.7. The summed E-state index contributed by atoms with van der Waals surface area (Å²) in [5, 5.41) is 24.7. The number of rotatable bonds is 8. The van der Waals surface area contributed by atoms with Gasteiger partial charge in [0.15, 0.2) is 5.88 Å². The molecule has 35 heavy (non-hydrogen) atoms. The van der Waals surface area contributed by atoms with Crippen LogP contribution in [0.25, 0.3) is 0 Å². The normalized spacial score (nSPS) is 10.3. The van der Waals surface area contributed by atoms with E-state index in [1.54, 1.807) is 42.5 Å². The Kier molecular flexibility index (Phi) is 7.18. The van der Waals surface area contributed by atoms with Crippen LogP contribution in [0, 0.1) is 0 Å². The van der Waals surface area contributed by atoms with Gasteiger partial charge in [-0.2, -0.15) is 0 Å². The molecule has 0 saturated carbocycles. The van der Waals surface area contributed by atoms with E-state index >= 15 is 0 Å². The van der Waals surface area contributed by atoms with Gasteiger partial charge in [0, 0.05) is 23.5 Å². The van der Waals surface area contributed by atoms with E-state index in [-0.39, 0.29) is 17.2 Å². The second kappa shape index (κ2) is 10.8. The Morgan fingerprint density at radius 1 is 0.686 bits per heavy atom. The lowest BCUT2D eigenvalue weighted by Crippen LogP contribution is -2.16. The van der Waals surface area contributed by atoms with Gasteiger partial charge >= 0.3 is 6.09 Å². The number of ether oxygens (including phenoxy) is 2. The molecule has 7 heteroatoms. The molecular formula is C28H24N2O5. The summed E-state index contributed by atoms with van der Waals surface area (Å²) in [6, 6.07) is 27.9. The summed E-state index contributed by atoms with van der Waals surface area (Å²) in [6.07, 6.45) is 0.0794. The van der Waals surface area contributed by atoms with Gasteiger partial charge in [0.2, 0.25) is 0 Å². The molecule has 4 aromatic rings. The number of phenolic OH excluding ortho intramolecular Hbond substituents is 2. The molecule has 0 aliphatic carbocycles. The molecular weight excluding hydrogens is 444 g/mol. The first-order valence-corrected chi connectivity index (χ1v) is 10.8. The van der Waals surface area contributed by atoms with Crippen LogP contribution in [0.3, 0.4) is 0 Å². The SMILES string of the molecule is C=C(Nc1ccc(Cc2ccc(NC(=O)Oc3cccc(O)c3)cc2)cc1)Oc1cccc(O)c1. The minimum absolute atomic E-state index is 0.0232. The molecule has 0 radical (unpaired) electrons. The molecule has 0 aliphatic rings. The maximum absolute atomic E-state index is 12.0.